The number of unbranched alkanes of at least 4 members (excludes halogenated alkanes) is 1. The minimum absolute atomic E-state index is 0.0875. The van der Waals surface area contributed by atoms with Gasteiger partial charge in [-0.3, -0.25) is 4.99 Å². The standard InChI is InChI=1S/C41H58ClN3O2/c1-7-11-27-41(26-8-2)40(34-15-21-37(22-16-34)47-30-25-33-13-17-35(42)18-14-33)43-39(31-32(5)6)45(41)36-19-23-38(24-20-36)46-29-12-28-44(9-3)10-4/h13-24,32,39H,7-12,25-31H2,1-6H3. The summed E-state index contributed by atoms with van der Waals surface area (Å²) in [7, 11) is 0. The Balaban J connectivity index is 1.56. The third-order valence-corrected chi connectivity index (χ3v) is 9.62. The van der Waals surface area contributed by atoms with Gasteiger partial charge in [0.25, 0.3) is 0 Å². The van der Waals surface area contributed by atoms with E-state index in [0.717, 1.165) is 94.1 Å². The second-order valence-corrected chi connectivity index (χ2v) is 13.8. The van der Waals surface area contributed by atoms with Gasteiger partial charge in [-0.2, -0.15) is 0 Å². The van der Waals surface area contributed by atoms with Crippen LogP contribution in [0.1, 0.15) is 97.6 Å². The summed E-state index contributed by atoms with van der Waals surface area (Å²) in [4.78, 5) is 10.7. The number of hydrogen-bond donors (Lipinski definition) is 0. The Hall–Kier alpha value is -3.02. The van der Waals surface area contributed by atoms with Crippen LogP contribution in [-0.2, 0) is 6.42 Å². The fourth-order valence-electron chi connectivity index (χ4n) is 6.92. The molecule has 47 heavy (non-hydrogen) atoms. The van der Waals surface area contributed by atoms with Crippen LogP contribution in [0.15, 0.2) is 77.8 Å². The molecular formula is C41H58ClN3O2. The monoisotopic (exact) mass is 659 g/mol. The predicted octanol–water partition coefficient (Wildman–Crippen LogP) is 10.5. The zero-order chi connectivity index (χ0) is 33.6. The van der Waals surface area contributed by atoms with Crippen LogP contribution in [0.25, 0.3) is 0 Å². The molecule has 3 aromatic rings. The van der Waals surface area contributed by atoms with Gasteiger partial charge in [0, 0.05) is 23.7 Å². The van der Waals surface area contributed by atoms with Crippen molar-refractivity contribution in [3.05, 3.63) is 88.9 Å². The molecule has 0 saturated carbocycles. The predicted molar refractivity (Wildman–Crippen MR) is 201 cm³/mol. The number of anilines is 1. The topological polar surface area (TPSA) is 37.3 Å². The number of nitrogens with zero attached hydrogens (tertiary/aromatic N) is 3. The molecule has 6 heteroatoms. The molecule has 0 spiro atoms. The van der Waals surface area contributed by atoms with Crippen LogP contribution in [-0.4, -0.2) is 55.2 Å². The van der Waals surface area contributed by atoms with Crippen molar-refractivity contribution in [2.45, 2.75) is 105 Å². The zero-order valence-corrected chi connectivity index (χ0v) is 30.6. The quantitative estimate of drug-likeness (QED) is 0.113. The number of ether oxygens (including phenoxy) is 2. The number of halogens is 1. The van der Waals surface area contributed by atoms with Crippen LogP contribution in [0.5, 0.6) is 11.5 Å². The minimum Gasteiger partial charge on any atom is -0.494 e. The summed E-state index contributed by atoms with van der Waals surface area (Å²) in [6.07, 6.45) is 8.51. The van der Waals surface area contributed by atoms with Crippen molar-refractivity contribution in [3.63, 3.8) is 0 Å². The lowest BCUT2D eigenvalue weighted by Crippen LogP contribution is -2.53. The van der Waals surface area contributed by atoms with E-state index in [9.17, 15) is 0 Å². The zero-order valence-electron chi connectivity index (χ0n) is 29.8. The van der Waals surface area contributed by atoms with E-state index in [4.69, 9.17) is 26.1 Å². The molecule has 0 radical (unpaired) electrons. The van der Waals surface area contributed by atoms with Gasteiger partial charge >= 0.3 is 0 Å². The van der Waals surface area contributed by atoms with E-state index >= 15 is 0 Å². The first-order valence-electron chi connectivity index (χ1n) is 18.1. The molecule has 0 aromatic heterocycles. The van der Waals surface area contributed by atoms with Crippen LogP contribution in [0, 0.1) is 5.92 Å². The molecule has 0 saturated heterocycles. The van der Waals surface area contributed by atoms with Gasteiger partial charge in [0.15, 0.2) is 0 Å². The summed E-state index contributed by atoms with van der Waals surface area (Å²) >= 11 is 6.05. The molecule has 1 heterocycles. The van der Waals surface area contributed by atoms with Crippen LogP contribution in [0.3, 0.4) is 0 Å². The second-order valence-electron chi connectivity index (χ2n) is 13.3. The molecule has 1 aliphatic heterocycles. The van der Waals surface area contributed by atoms with Crippen LogP contribution in [0.2, 0.25) is 5.02 Å². The Labute approximate surface area is 290 Å². The molecule has 0 fully saturated rings. The largest absolute Gasteiger partial charge is 0.494 e. The third kappa shape index (κ3) is 9.99. The Kier molecular flexibility index (Phi) is 14.5. The van der Waals surface area contributed by atoms with Crippen molar-refractivity contribution in [1.29, 1.82) is 0 Å². The molecule has 0 bridgehead atoms. The first-order chi connectivity index (χ1) is 22.8. The Morgan fingerprint density at radius 3 is 2.02 bits per heavy atom. The summed E-state index contributed by atoms with van der Waals surface area (Å²) in [5.41, 5.74) is 4.70. The maximum atomic E-state index is 6.19. The highest BCUT2D eigenvalue weighted by Gasteiger charge is 2.49. The number of aliphatic imine (C=N–C) groups is 1. The van der Waals surface area contributed by atoms with Gasteiger partial charge in [0.05, 0.1) is 24.5 Å². The first-order valence-corrected chi connectivity index (χ1v) is 18.5. The highest BCUT2D eigenvalue weighted by Crippen LogP contribution is 2.44. The average Bonchev–Trinajstić information content (AvgIpc) is 3.38. The van der Waals surface area contributed by atoms with Crippen LogP contribution >= 0.6 is 11.6 Å². The lowest BCUT2D eigenvalue weighted by molar-refractivity contribution is 0.249. The normalized spacial score (nSPS) is 17.9. The first kappa shape index (κ1) is 36.8. The van der Waals surface area contributed by atoms with Crippen molar-refractivity contribution < 1.29 is 9.47 Å². The average molecular weight is 660 g/mol. The molecule has 4 rings (SSSR count). The summed E-state index contributed by atoms with van der Waals surface area (Å²) in [6.45, 7) is 18.3. The number of rotatable bonds is 20. The molecule has 256 valence electrons. The SMILES string of the molecule is CCCCC1(CCC)C(c2ccc(OCCc3ccc(Cl)cc3)cc2)=NC(CC(C)C)N1c1ccc(OCCCN(CC)CC)cc1. The number of hydrogen-bond acceptors (Lipinski definition) is 5. The number of benzene rings is 3. The summed E-state index contributed by atoms with van der Waals surface area (Å²) in [5.74, 6) is 2.36. The van der Waals surface area contributed by atoms with E-state index in [0.29, 0.717) is 12.5 Å². The fourth-order valence-corrected chi connectivity index (χ4v) is 7.05. The smallest absolute Gasteiger partial charge is 0.122 e. The highest BCUT2D eigenvalue weighted by atomic mass is 35.5. The van der Waals surface area contributed by atoms with E-state index in [1.807, 2.05) is 12.1 Å². The van der Waals surface area contributed by atoms with E-state index in [-0.39, 0.29) is 11.7 Å². The molecule has 3 aromatic carbocycles. The second kappa shape index (κ2) is 18.5. The van der Waals surface area contributed by atoms with Crippen molar-refractivity contribution in [1.82, 2.24) is 4.90 Å². The van der Waals surface area contributed by atoms with Gasteiger partial charge < -0.3 is 19.3 Å². The van der Waals surface area contributed by atoms with Crippen molar-refractivity contribution in [2.24, 2.45) is 10.9 Å². The fraction of sp³-hybridized carbons (Fsp3) is 0.537. The van der Waals surface area contributed by atoms with Gasteiger partial charge in [0.2, 0.25) is 0 Å². The third-order valence-electron chi connectivity index (χ3n) is 9.37. The molecule has 0 aliphatic carbocycles. The van der Waals surface area contributed by atoms with Gasteiger partial charge in [0.1, 0.15) is 17.7 Å². The minimum atomic E-state index is -0.173. The van der Waals surface area contributed by atoms with Gasteiger partial charge in [-0.15, -0.1) is 0 Å². The van der Waals surface area contributed by atoms with E-state index in [1.54, 1.807) is 0 Å². The Morgan fingerprint density at radius 2 is 1.43 bits per heavy atom. The van der Waals surface area contributed by atoms with Gasteiger partial charge in [-0.1, -0.05) is 84.5 Å². The van der Waals surface area contributed by atoms with Crippen LogP contribution < -0.4 is 14.4 Å². The van der Waals surface area contributed by atoms with Crippen molar-refractivity contribution in [2.75, 3.05) is 37.7 Å². The molecule has 2 atom stereocenters. The lowest BCUT2D eigenvalue weighted by Gasteiger charge is -2.44. The lowest BCUT2D eigenvalue weighted by atomic mass is 9.79. The highest BCUT2D eigenvalue weighted by molar-refractivity contribution is 6.30. The molecular weight excluding hydrogens is 602 g/mol. The molecule has 0 amide bonds. The summed E-state index contributed by atoms with van der Waals surface area (Å²) < 4.78 is 12.3. The summed E-state index contributed by atoms with van der Waals surface area (Å²) in [5, 5.41) is 0.760. The van der Waals surface area contributed by atoms with E-state index < -0.39 is 0 Å². The van der Waals surface area contributed by atoms with E-state index in [2.05, 4.69) is 112 Å². The molecule has 1 aliphatic rings. The molecule has 2 unspecified atom stereocenters. The Bertz CT molecular complexity index is 1350. The summed E-state index contributed by atoms with van der Waals surface area (Å²) in [6, 6.07) is 25.5. The molecule has 5 nitrogen and oxygen atoms in total. The van der Waals surface area contributed by atoms with Crippen molar-refractivity contribution in [3.8, 4) is 11.5 Å². The van der Waals surface area contributed by atoms with E-state index in [1.165, 1.54) is 22.5 Å². The maximum Gasteiger partial charge on any atom is 0.122 e. The molecule has 0 N–H and O–H groups in total. The maximum absolute atomic E-state index is 6.19. The van der Waals surface area contributed by atoms with Gasteiger partial charge in [-0.05, 0) is 116 Å². The van der Waals surface area contributed by atoms with Crippen molar-refractivity contribution >= 4 is 23.0 Å². The van der Waals surface area contributed by atoms with Crippen LogP contribution in [0.4, 0.5) is 5.69 Å². The Morgan fingerprint density at radius 1 is 0.787 bits per heavy atom. The van der Waals surface area contributed by atoms with Gasteiger partial charge in [-0.25, -0.2) is 0 Å².